The number of nitrogens with zero attached hydrogens (tertiary/aromatic N) is 1. The third-order valence-corrected chi connectivity index (χ3v) is 7.02. The minimum absolute atomic E-state index is 0.0217. The average Bonchev–Trinajstić information content (AvgIpc) is 2.90. The Labute approximate surface area is 203 Å². The van der Waals surface area contributed by atoms with Crippen LogP contribution in [0.2, 0.25) is 0 Å². The predicted molar refractivity (Wildman–Crippen MR) is 135 cm³/mol. The third-order valence-electron chi connectivity index (χ3n) is 7.02. The van der Waals surface area contributed by atoms with Crippen molar-refractivity contribution in [2.75, 3.05) is 13.6 Å². The van der Waals surface area contributed by atoms with Crippen molar-refractivity contribution in [2.45, 2.75) is 51.5 Å². The van der Waals surface area contributed by atoms with Gasteiger partial charge in [-0.25, -0.2) is 0 Å². The Hall–Kier alpha value is -2.54. The highest BCUT2D eigenvalue weighted by Gasteiger charge is 2.39. The second-order valence-electron chi connectivity index (χ2n) is 9.29. The van der Waals surface area contributed by atoms with Crippen molar-refractivity contribution in [1.82, 2.24) is 4.90 Å². The Morgan fingerprint density at radius 1 is 0.882 bits per heavy atom. The van der Waals surface area contributed by atoms with Crippen LogP contribution in [0, 0.1) is 5.92 Å². The minimum atomic E-state index is -0.462. The van der Waals surface area contributed by atoms with Crippen molar-refractivity contribution in [3.05, 3.63) is 107 Å². The van der Waals surface area contributed by atoms with E-state index in [1.54, 1.807) is 0 Å². The monoisotopic (exact) mass is 460 g/mol. The van der Waals surface area contributed by atoms with Gasteiger partial charge in [-0.1, -0.05) is 85.8 Å². The Balaban J connectivity index is 1.59. The molecule has 3 aromatic rings. The van der Waals surface area contributed by atoms with Crippen LogP contribution in [-0.4, -0.2) is 29.7 Å². The molecule has 4 rings (SSSR count). The van der Waals surface area contributed by atoms with Crippen LogP contribution >= 0.6 is 0 Å². The van der Waals surface area contributed by atoms with Gasteiger partial charge in [-0.15, -0.1) is 0 Å². The number of nitrogens with two attached hydrogens (primary N) is 1. The van der Waals surface area contributed by atoms with Crippen LogP contribution in [0.5, 0.6) is 0 Å². The zero-order valence-corrected chi connectivity index (χ0v) is 20.3. The molecule has 0 aromatic heterocycles. The van der Waals surface area contributed by atoms with Gasteiger partial charge in [-0.05, 0) is 36.2 Å². The summed E-state index contributed by atoms with van der Waals surface area (Å²) in [7, 11) is 2.15. The zero-order chi connectivity index (χ0) is 24.1. The van der Waals surface area contributed by atoms with Gasteiger partial charge in [0, 0.05) is 30.6 Å². The zero-order valence-electron chi connectivity index (χ0n) is 20.3. The van der Waals surface area contributed by atoms with Gasteiger partial charge in [0.2, 0.25) is 0 Å². The van der Waals surface area contributed by atoms with Crippen LogP contribution in [0.3, 0.4) is 0 Å². The van der Waals surface area contributed by atoms with Crippen LogP contribution in [0.1, 0.15) is 60.1 Å². The van der Waals surface area contributed by atoms with Crippen LogP contribution in [0.4, 0.5) is 0 Å². The fourth-order valence-electron chi connectivity index (χ4n) is 4.57. The first-order chi connectivity index (χ1) is 16.5. The maximum absolute atomic E-state index is 9.45. The summed E-state index contributed by atoms with van der Waals surface area (Å²) in [6.07, 6.45) is -0.603. The molecule has 34 heavy (non-hydrogen) atoms. The number of aliphatic hydroxyl groups excluding tert-OH is 1. The molecule has 180 valence electrons. The lowest BCUT2D eigenvalue weighted by molar-refractivity contribution is -0.276. The summed E-state index contributed by atoms with van der Waals surface area (Å²) < 4.78 is 13.1. The highest BCUT2D eigenvalue weighted by Crippen LogP contribution is 2.42. The van der Waals surface area contributed by atoms with Crippen LogP contribution in [0.15, 0.2) is 78.9 Å². The van der Waals surface area contributed by atoms with Gasteiger partial charge in [0.1, 0.15) is 0 Å². The van der Waals surface area contributed by atoms with E-state index in [0.29, 0.717) is 6.54 Å². The molecule has 1 aliphatic heterocycles. The lowest BCUT2D eigenvalue weighted by Gasteiger charge is -2.43. The first-order valence-corrected chi connectivity index (χ1v) is 12.0. The molecule has 0 radical (unpaired) electrons. The minimum Gasteiger partial charge on any atom is -0.392 e. The van der Waals surface area contributed by atoms with Gasteiger partial charge in [0.05, 0.1) is 18.8 Å². The second-order valence-corrected chi connectivity index (χ2v) is 9.29. The molecule has 3 aromatic carbocycles. The van der Waals surface area contributed by atoms with Crippen molar-refractivity contribution < 1.29 is 14.6 Å². The normalized spacial score (nSPS) is 23.7. The Kier molecular flexibility index (Phi) is 8.14. The molecule has 5 nitrogen and oxygen atoms in total. The van der Waals surface area contributed by atoms with E-state index >= 15 is 0 Å². The van der Waals surface area contributed by atoms with Crippen LogP contribution < -0.4 is 5.73 Å². The fourth-order valence-corrected chi connectivity index (χ4v) is 4.57. The highest BCUT2D eigenvalue weighted by atomic mass is 16.7. The summed E-state index contributed by atoms with van der Waals surface area (Å²) in [4.78, 5) is 2.35. The molecule has 1 saturated heterocycles. The van der Waals surface area contributed by atoms with E-state index in [9.17, 15) is 5.11 Å². The number of rotatable bonds is 8. The van der Waals surface area contributed by atoms with Crippen molar-refractivity contribution in [1.29, 1.82) is 0 Å². The number of likely N-dealkylation sites (N-methyl/N-ethyl adjacent to an activating group) is 1. The largest absolute Gasteiger partial charge is 0.392 e. The molecule has 0 bridgehead atoms. The predicted octanol–water partition coefficient (Wildman–Crippen LogP) is 5.12. The van der Waals surface area contributed by atoms with Crippen molar-refractivity contribution in [3.8, 4) is 0 Å². The molecular formula is C29H36N2O3. The summed E-state index contributed by atoms with van der Waals surface area (Å²) in [5, 5.41) is 9.45. The molecule has 1 heterocycles. The average molecular weight is 461 g/mol. The van der Waals surface area contributed by atoms with Gasteiger partial charge in [-0.2, -0.15) is 0 Å². The SMILES string of the molecule is C[C@@H]1[C@H](CN(C)[C@@H](C)c2ccccc2)O[C@H](c2ccc(CN)cc2)O[C@@H]1c1ccc(CO)cc1. The molecule has 5 atom stereocenters. The van der Waals surface area contributed by atoms with E-state index in [1.807, 2.05) is 42.5 Å². The van der Waals surface area contributed by atoms with Crippen molar-refractivity contribution in [3.63, 3.8) is 0 Å². The molecule has 0 spiro atoms. The van der Waals surface area contributed by atoms with Gasteiger partial charge < -0.3 is 20.3 Å². The number of benzene rings is 3. The summed E-state index contributed by atoms with van der Waals surface area (Å²) in [5.41, 5.74) is 11.1. The molecule has 0 amide bonds. The standard InChI is InChI=1S/C29H36N2O3/c1-20-27(18-31(3)21(2)24-7-5-4-6-8-24)33-29(26-15-9-22(17-30)10-16-26)34-28(20)25-13-11-23(19-32)12-14-25/h4-16,20-21,27-29,32H,17-19,30H2,1-3H3/t20-,21+,27+,28+,29+/m1/s1. The van der Waals surface area contributed by atoms with Crippen molar-refractivity contribution >= 4 is 0 Å². The van der Waals surface area contributed by atoms with Gasteiger partial charge >= 0.3 is 0 Å². The summed E-state index contributed by atoms with van der Waals surface area (Å²) >= 11 is 0. The molecular weight excluding hydrogens is 424 g/mol. The second kappa shape index (κ2) is 11.3. The number of hydrogen-bond acceptors (Lipinski definition) is 5. The summed E-state index contributed by atoms with van der Waals surface area (Å²) in [6.45, 7) is 5.75. The maximum Gasteiger partial charge on any atom is 0.184 e. The van der Waals surface area contributed by atoms with E-state index in [-0.39, 0.29) is 30.8 Å². The number of aliphatic hydroxyl groups is 1. The van der Waals surface area contributed by atoms with Crippen LogP contribution in [-0.2, 0) is 22.6 Å². The topological polar surface area (TPSA) is 68.0 Å². The van der Waals surface area contributed by atoms with E-state index < -0.39 is 6.29 Å². The maximum atomic E-state index is 9.45. The van der Waals surface area contributed by atoms with Gasteiger partial charge in [0.15, 0.2) is 6.29 Å². The number of hydrogen-bond donors (Lipinski definition) is 2. The first kappa shape index (κ1) is 24.6. The molecule has 5 heteroatoms. The van der Waals surface area contributed by atoms with Gasteiger partial charge in [0.25, 0.3) is 0 Å². The Morgan fingerprint density at radius 3 is 2.12 bits per heavy atom. The van der Waals surface area contributed by atoms with E-state index in [4.69, 9.17) is 15.2 Å². The molecule has 1 fully saturated rings. The van der Waals surface area contributed by atoms with Crippen molar-refractivity contribution in [2.24, 2.45) is 11.7 Å². The first-order valence-electron chi connectivity index (χ1n) is 12.0. The van der Waals surface area contributed by atoms with Crippen LogP contribution in [0.25, 0.3) is 0 Å². The molecule has 3 N–H and O–H groups in total. The fraction of sp³-hybridized carbons (Fsp3) is 0.379. The third kappa shape index (κ3) is 5.57. The Bertz CT molecular complexity index is 1020. The number of ether oxygens (including phenoxy) is 2. The van der Waals surface area contributed by atoms with Gasteiger partial charge in [-0.3, -0.25) is 4.90 Å². The highest BCUT2D eigenvalue weighted by molar-refractivity contribution is 5.27. The van der Waals surface area contributed by atoms with E-state index in [0.717, 1.165) is 28.8 Å². The van der Waals surface area contributed by atoms with E-state index in [2.05, 4.69) is 62.2 Å². The quantitative estimate of drug-likeness (QED) is 0.488. The summed E-state index contributed by atoms with van der Waals surface area (Å²) in [6, 6.07) is 27.0. The molecule has 0 saturated carbocycles. The lowest BCUT2D eigenvalue weighted by Crippen LogP contribution is -2.44. The Morgan fingerprint density at radius 2 is 1.50 bits per heavy atom. The molecule has 1 aliphatic rings. The molecule has 0 unspecified atom stereocenters. The lowest BCUT2D eigenvalue weighted by atomic mass is 9.89. The molecule has 0 aliphatic carbocycles. The smallest absolute Gasteiger partial charge is 0.184 e. The summed E-state index contributed by atoms with van der Waals surface area (Å²) in [5.74, 6) is 0.143. The van der Waals surface area contributed by atoms with E-state index in [1.165, 1.54) is 5.56 Å².